The maximum Gasteiger partial charge on any atom is 0.0338 e. The maximum absolute atomic E-state index is 6.42. The van der Waals surface area contributed by atoms with Crippen molar-refractivity contribution in [1.29, 1.82) is 0 Å². The third-order valence-electron chi connectivity index (χ3n) is 3.97. The van der Waals surface area contributed by atoms with Crippen molar-refractivity contribution in [3.05, 3.63) is 68.2 Å². The summed E-state index contributed by atoms with van der Waals surface area (Å²) in [4.78, 5) is 0. The van der Waals surface area contributed by atoms with Crippen molar-refractivity contribution >= 4 is 15.9 Å². The fraction of sp³-hybridized carbons (Fsp3) is 0.333. The van der Waals surface area contributed by atoms with Gasteiger partial charge in [0, 0.05) is 10.5 Å². The van der Waals surface area contributed by atoms with Gasteiger partial charge in [-0.3, -0.25) is 0 Å². The van der Waals surface area contributed by atoms with Crippen LogP contribution in [0.25, 0.3) is 0 Å². The third-order valence-corrected chi connectivity index (χ3v) is 4.83. The number of nitrogens with two attached hydrogens (primary N) is 1. The average Bonchev–Trinajstić information content (AvgIpc) is 2.38. The molecule has 0 aliphatic carbocycles. The van der Waals surface area contributed by atoms with Crippen LogP contribution in [0.1, 0.15) is 39.4 Å². The molecule has 106 valence electrons. The molecule has 0 heterocycles. The van der Waals surface area contributed by atoms with Gasteiger partial charge in [-0.2, -0.15) is 0 Å². The fourth-order valence-electron chi connectivity index (χ4n) is 2.50. The van der Waals surface area contributed by atoms with Crippen molar-refractivity contribution in [1.82, 2.24) is 0 Å². The second-order valence-electron chi connectivity index (χ2n) is 5.69. The first-order valence-corrected chi connectivity index (χ1v) is 7.76. The summed E-state index contributed by atoms with van der Waals surface area (Å²) < 4.78 is 1.15. The Morgan fingerprint density at radius 3 is 2.25 bits per heavy atom. The number of halogens is 1. The number of hydrogen-bond acceptors (Lipinski definition) is 1. The molecular formula is C18H22BrN. The highest BCUT2D eigenvalue weighted by molar-refractivity contribution is 9.10. The molecule has 2 aromatic rings. The molecule has 0 bridgehead atoms. The van der Waals surface area contributed by atoms with E-state index in [1.165, 1.54) is 33.4 Å². The summed E-state index contributed by atoms with van der Waals surface area (Å²) in [6.45, 7) is 8.52. The first-order chi connectivity index (χ1) is 9.38. The minimum atomic E-state index is 0.0453. The van der Waals surface area contributed by atoms with E-state index >= 15 is 0 Å². The number of hydrogen-bond donors (Lipinski definition) is 1. The molecule has 1 atom stereocenters. The predicted molar refractivity (Wildman–Crippen MR) is 90.2 cm³/mol. The Morgan fingerprint density at radius 1 is 0.900 bits per heavy atom. The van der Waals surface area contributed by atoms with Crippen LogP contribution in [0.2, 0.25) is 0 Å². The maximum atomic E-state index is 6.42. The molecule has 2 rings (SSSR count). The third kappa shape index (κ3) is 3.31. The van der Waals surface area contributed by atoms with Crippen molar-refractivity contribution in [2.24, 2.45) is 5.73 Å². The van der Waals surface area contributed by atoms with E-state index in [0.717, 1.165) is 10.9 Å². The molecule has 2 N–H and O–H groups in total. The van der Waals surface area contributed by atoms with Gasteiger partial charge in [0.2, 0.25) is 0 Å². The van der Waals surface area contributed by atoms with Crippen LogP contribution in [-0.2, 0) is 6.42 Å². The van der Waals surface area contributed by atoms with Crippen LogP contribution >= 0.6 is 15.9 Å². The Kier molecular flexibility index (Phi) is 4.66. The largest absolute Gasteiger partial charge is 0.324 e. The standard InChI is InChI=1S/C18H22BrN/c1-11-5-6-15(7-12(11)2)10-18(20)16-8-14(4)17(19)9-13(16)3/h5-9,18H,10,20H2,1-4H3. The lowest BCUT2D eigenvalue weighted by Gasteiger charge is -2.17. The van der Waals surface area contributed by atoms with Gasteiger partial charge in [0.15, 0.2) is 0 Å². The van der Waals surface area contributed by atoms with Gasteiger partial charge in [-0.15, -0.1) is 0 Å². The second-order valence-corrected chi connectivity index (χ2v) is 6.54. The van der Waals surface area contributed by atoms with Gasteiger partial charge in [0.1, 0.15) is 0 Å². The molecule has 0 saturated carbocycles. The summed E-state index contributed by atoms with van der Waals surface area (Å²) in [5, 5.41) is 0. The first-order valence-electron chi connectivity index (χ1n) is 6.97. The quantitative estimate of drug-likeness (QED) is 0.848. The van der Waals surface area contributed by atoms with Crippen LogP contribution < -0.4 is 5.73 Å². The minimum absolute atomic E-state index is 0.0453. The van der Waals surface area contributed by atoms with E-state index in [-0.39, 0.29) is 6.04 Å². The van der Waals surface area contributed by atoms with Gasteiger partial charge in [0.25, 0.3) is 0 Å². The molecule has 0 aliphatic heterocycles. The van der Waals surface area contributed by atoms with E-state index < -0.39 is 0 Å². The van der Waals surface area contributed by atoms with E-state index in [4.69, 9.17) is 5.73 Å². The van der Waals surface area contributed by atoms with Crippen LogP contribution in [0.4, 0.5) is 0 Å². The van der Waals surface area contributed by atoms with Gasteiger partial charge in [-0.1, -0.05) is 40.2 Å². The Balaban J connectivity index is 2.25. The molecule has 0 spiro atoms. The zero-order chi connectivity index (χ0) is 14.9. The molecule has 0 aliphatic rings. The summed E-state index contributed by atoms with van der Waals surface area (Å²) in [5.74, 6) is 0. The summed E-state index contributed by atoms with van der Waals surface area (Å²) in [5.41, 5.74) is 14.1. The van der Waals surface area contributed by atoms with Crippen LogP contribution in [0.15, 0.2) is 34.8 Å². The summed E-state index contributed by atoms with van der Waals surface area (Å²) in [7, 11) is 0. The fourth-order valence-corrected chi connectivity index (χ4v) is 2.95. The normalized spacial score (nSPS) is 12.5. The molecule has 0 aromatic heterocycles. The molecule has 0 radical (unpaired) electrons. The van der Waals surface area contributed by atoms with Crippen molar-refractivity contribution in [3.63, 3.8) is 0 Å². The lowest BCUT2D eigenvalue weighted by Crippen LogP contribution is -2.15. The summed E-state index contributed by atoms with van der Waals surface area (Å²) in [6, 6.07) is 11.0. The molecule has 2 heteroatoms. The second kappa shape index (κ2) is 6.11. The summed E-state index contributed by atoms with van der Waals surface area (Å²) in [6.07, 6.45) is 0.878. The predicted octanol–water partition coefficient (Wildman–Crippen LogP) is 4.93. The lowest BCUT2D eigenvalue weighted by atomic mass is 9.93. The Hall–Kier alpha value is -1.12. The lowest BCUT2D eigenvalue weighted by molar-refractivity contribution is 0.715. The summed E-state index contributed by atoms with van der Waals surface area (Å²) >= 11 is 3.57. The number of rotatable bonds is 3. The van der Waals surface area contributed by atoms with Gasteiger partial charge in [-0.25, -0.2) is 0 Å². The highest BCUT2D eigenvalue weighted by Crippen LogP contribution is 2.26. The molecule has 20 heavy (non-hydrogen) atoms. The molecule has 0 amide bonds. The molecule has 2 aromatic carbocycles. The van der Waals surface area contributed by atoms with E-state index in [1.807, 2.05) is 0 Å². The molecule has 1 nitrogen and oxygen atoms in total. The average molecular weight is 332 g/mol. The minimum Gasteiger partial charge on any atom is -0.324 e. The Bertz CT molecular complexity index is 632. The van der Waals surface area contributed by atoms with E-state index in [0.29, 0.717) is 0 Å². The van der Waals surface area contributed by atoms with Gasteiger partial charge in [0.05, 0.1) is 0 Å². The Morgan fingerprint density at radius 2 is 1.60 bits per heavy atom. The number of aryl methyl sites for hydroxylation is 4. The van der Waals surface area contributed by atoms with Crippen molar-refractivity contribution < 1.29 is 0 Å². The SMILES string of the molecule is Cc1ccc(CC(N)c2cc(C)c(Br)cc2C)cc1C. The van der Waals surface area contributed by atoms with Crippen molar-refractivity contribution in [2.75, 3.05) is 0 Å². The molecule has 0 saturated heterocycles. The highest BCUT2D eigenvalue weighted by Gasteiger charge is 2.12. The smallest absolute Gasteiger partial charge is 0.0338 e. The van der Waals surface area contributed by atoms with Gasteiger partial charge in [-0.05, 0) is 73.6 Å². The number of benzene rings is 2. The van der Waals surface area contributed by atoms with Crippen LogP contribution in [0, 0.1) is 27.7 Å². The van der Waals surface area contributed by atoms with Crippen molar-refractivity contribution in [3.8, 4) is 0 Å². The van der Waals surface area contributed by atoms with Crippen molar-refractivity contribution in [2.45, 2.75) is 40.2 Å². The van der Waals surface area contributed by atoms with Gasteiger partial charge >= 0.3 is 0 Å². The van der Waals surface area contributed by atoms with E-state index in [9.17, 15) is 0 Å². The first kappa shape index (κ1) is 15.3. The molecular weight excluding hydrogens is 310 g/mol. The molecule has 1 unspecified atom stereocenters. The highest BCUT2D eigenvalue weighted by atomic mass is 79.9. The van der Waals surface area contributed by atoms with E-state index in [1.54, 1.807) is 0 Å². The molecule has 0 fully saturated rings. The zero-order valence-corrected chi connectivity index (χ0v) is 14.2. The van der Waals surface area contributed by atoms with Crippen LogP contribution in [0.3, 0.4) is 0 Å². The Labute approximate surface area is 130 Å². The van der Waals surface area contributed by atoms with E-state index in [2.05, 4.69) is 74.0 Å². The van der Waals surface area contributed by atoms with Crippen LogP contribution in [0.5, 0.6) is 0 Å². The monoisotopic (exact) mass is 331 g/mol. The van der Waals surface area contributed by atoms with Gasteiger partial charge < -0.3 is 5.73 Å². The zero-order valence-electron chi connectivity index (χ0n) is 12.6. The van der Waals surface area contributed by atoms with Crippen LogP contribution in [-0.4, -0.2) is 0 Å². The topological polar surface area (TPSA) is 26.0 Å².